The van der Waals surface area contributed by atoms with Crippen LogP contribution in [0.1, 0.15) is 11.1 Å². The fraction of sp³-hybridized carbons (Fsp3) is 0.136. The summed E-state index contributed by atoms with van der Waals surface area (Å²) < 4.78 is 34.7. The van der Waals surface area contributed by atoms with E-state index in [0.29, 0.717) is 6.61 Å². The summed E-state index contributed by atoms with van der Waals surface area (Å²) >= 11 is 0. The van der Waals surface area contributed by atoms with Crippen molar-refractivity contribution in [2.45, 2.75) is 18.4 Å². The Labute approximate surface area is 170 Å². The van der Waals surface area contributed by atoms with Crippen LogP contribution in [0.3, 0.4) is 0 Å². The number of para-hydroxylation sites is 1. The van der Waals surface area contributed by atoms with Crippen LogP contribution >= 0.6 is 0 Å². The van der Waals surface area contributed by atoms with Gasteiger partial charge in [0.1, 0.15) is 13.2 Å². The van der Waals surface area contributed by atoms with E-state index < -0.39 is 10.1 Å². The van der Waals surface area contributed by atoms with Gasteiger partial charge in [-0.15, -0.1) is 0 Å². The van der Waals surface area contributed by atoms with Crippen molar-refractivity contribution >= 4 is 21.8 Å². The van der Waals surface area contributed by atoms with Gasteiger partial charge in [0.15, 0.2) is 0 Å². The lowest BCUT2D eigenvalue weighted by Crippen LogP contribution is -2.16. The predicted molar refractivity (Wildman–Crippen MR) is 112 cm³/mol. The number of ether oxygens (including phenoxy) is 1. The van der Waals surface area contributed by atoms with Crippen LogP contribution in [-0.2, 0) is 26.3 Å². The first-order valence-electron chi connectivity index (χ1n) is 8.87. The molecule has 29 heavy (non-hydrogen) atoms. The monoisotopic (exact) mass is 413 g/mol. The van der Waals surface area contributed by atoms with Gasteiger partial charge in [-0.05, 0) is 36.8 Å². The van der Waals surface area contributed by atoms with Gasteiger partial charge >= 0.3 is 5.97 Å². The summed E-state index contributed by atoms with van der Waals surface area (Å²) in [7, 11) is -4.02. The van der Waals surface area contributed by atoms with E-state index in [1.807, 2.05) is 67.6 Å². The first-order valence-corrected chi connectivity index (χ1v) is 10.3. The lowest BCUT2D eigenvalue weighted by Gasteiger charge is -2.07. The number of carbonyl (C=O) groups is 1. The largest absolute Gasteiger partial charge is 0.460 e. The highest BCUT2D eigenvalue weighted by molar-refractivity contribution is 7.85. The standard InChI is InChI=1S/C15H15NO2.C7H8O3S/c17-15(11-16-14-9-5-2-6-10-14)18-12-13-7-3-1-4-8-13;1-6-2-4-7(5-3-6)11(8,9)10/h1-10,16H,11-12H2;2-5H,1H3,(H,8,9,10). The normalized spacial score (nSPS) is 10.4. The molecule has 6 nitrogen and oxygen atoms in total. The van der Waals surface area contributed by atoms with Gasteiger partial charge in [-0.3, -0.25) is 9.35 Å². The van der Waals surface area contributed by atoms with Gasteiger partial charge in [-0.1, -0.05) is 66.2 Å². The molecule has 0 bridgehead atoms. The third-order valence-electron chi connectivity index (χ3n) is 3.77. The molecule has 152 valence electrons. The Morgan fingerprint density at radius 3 is 2.00 bits per heavy atom. The fourth-order valence-corrected chi connectivity index (χ4v) is 2.71. The second-order valence-electron chi connectivity index (χ2n) is 6.15. The third-order valence-corrected chi connectivity index (χ3v) is 4.64. The molecule has 0 amide bonds. The number of hydrogen-bond acceptors (Lipinski definition) is 5. The summed E-state index contributed by atoms with van der Waals surface area (Å²) in [5, 5.41) is 3.01. The molecule has 3 aromatic rings. The Kier molecular flexibility index (Phi) is 8.39. The van der Waals surface area contributed by atoms with Crippen LogP contribution in [-0.4, -0.2) is 25.5 Å². The molecule has 3 aromatic carbocycles. The first kappa shape index (κ1) is 22.1. The summed E-state index contributed by atoms with van der Waals surface area (Å²) in [6, 6.07) is 25.2. The molecule has 0 spiro atoms. The van der Waals surface area contributed by atoms with E-state index >= 15 is 0 Å². The zero-order chi connectivity index (χ0) is 21.1. The van der Waals surface area contributed by atoms with E-state index in [4.69, 9.17) is 9.29 Å². The van der Waals surface area contributed by atoms with Crippen molar-refractivity contribution in [3.8, 4) is 0 Å². The zero-order valence-electron chi connectivity index (χ0n) is 16.0. The minimum Gasteiger partial charge on any atom is -0.460 e. The van der Waals surface area contributed by atoms with E-state index in [-0.39, 0.29) is 17.4 Å². The average molecular weight is 413 g/mol. The highest BCUT2D eigenvalue weighted by Crippen LogP contribution is 2.08. The topological polar surface area (TPSA) is 92.7 Å². The highest BCUT2D eigenvalue weighted by Gasteiger charge is 2.06. The smallest absolute Gasteiger partial charge is 0.325 e. The van der Waals surface area contributed by atoms with Gasteiger partial charge in [-0.25, -0.2) is 0 Å². The van der Waals surface area contributed by atoms with Crippen LogP contribution in [0, 0.1) is 6.92 Å². The van der Waals surface area contributed by atoms with Crippen molar-refractivity contribution in [1.82, 2.24) is 0 Å². The van der Waals surface area contributed by atoms with Gasteiger partial charge in [-0.2, -0.15) is 8.42 Å². The van der Waals surface area contributed by atoms with E-state index in [1.54, 1.807) is 12.1 Å². The first-order chi connectivity index (χ1) is 13.8. The van der Waals surface area contributed by atoms with Crippen molar-refractivity contribution in [3.05, 3.63) is 96.1 Å². The molecular formula is C22H23NO5S. The number of esters is 1. The maximum atomic E-state index is 11.5. The molecule has 7 heteroatoms. The summed E-state index contributed by atoms with van der Waals surface area (Å²) in [5.74, 6) is -0.261. The molecule has 0 aliphatic rings. The second-order valence-corrected chi connectivity index (χ2v) is 7.58. The van der Waals surface area contributed by atoms with Gasteiger partial charge in [0.2, 0.25) is 0 Å². The Balaban J connectivity index is 0.000000234. The molecule has 0 heterocycles. The lowest BCUT2D eigenvalue weighted by molar-refractivity contribution is -0.142. The zero-order valence-corrected chi connectivity index (χ0v) is 16.8. The molecule has 0 aliphatic carbocycles. The van der Waals surface area contributed by atoms with E-state index in [2.05, 4.69) is 5.32 Å². The maximum absolute atomic E-state index is 11.5. The summed E-state index contributed by atoms with van der Waals surface area (Å²) in [5.41, 5.74) is 2.86. The number of anilines is 1. The molecule has 0 aliphatic heterocycles. The van der Waals surface area contributed by atoms with Crippen molar-refractivity contribution in [1.29, 1.82) is 0 Å². The van der Waals surface area contributed by atoms with Crippen LogP contribution in [0.2, 0.25) is 0 Å². The molecule has 0 aromatic heterocycles. The number of nitrogens with one attached hydrogen (secondary N) is 1. The molecule has 0 radical (unpaired) electrons. The molecule has 0 atom stereocenters. The van der Waals surface area contributed by atoms with Gasteiger partial charge in [0.25, 0.3) is 10.1 Å². The predicted octanol–water partition coefficient (Wildman–Crippen LogP) is 4.08. The SMILES string of the molecule is Cc1ccc(S(=O)(=O)O)cc1.O=C(CNc1ccccc1)OCc1ccccc1. The summed E-state index contributed by atoms with van der Waals surface area (Å²) in [6.45, 7) is 2.33. The van der Waals surface area contributed by atoms with Crippen molar-refractivity contribution in [3.63, 3.8) is 0 Å². The molecular weight excluding hydrogens is 390 g/mol. The minimum atomic E-state index is -4.02. The molecule has 0 saturated heterocycles. The van der Waals surface area contributed by atoms with Crippen molar-refractivity contribution < 1.29 is 22.5 Å². The number of carbonyl (C=O) groups excluding carboxylic acids is 1. The lowest BCUT2D eigenvalue weighted by atomic mass is 10.2. The van der Waals surface area contributed by atoms with E-state index in [0.717, 1.165) is 16.8 Å². The molecule has 0 saturated carbocycles. The van der Waals surface area contributed by atoms with Crippen LogP contribution < -0.4 is 5.32 Å². The quantitative estimate of drug-likeness (QED) is 0.467. The second kappa shape index (κ2) is 11.0. The number of aryl methyl sites for hydroxylation is 1. The summed E-state index contributed by atoms with van der Waals surface area (Å²) in [4.78, 5) is 11.4. The van der Waals surface area contributed by atoms with Crippen LogP contribution in [0.5, 0.6) is 0 Å². The van der Waals surface area contributed by atoms with E-state index in [9.17, 15) is 13.2 Å². The van der Waals surface area contributed by atoms with Crippen LogP contribution in [0.4, 0.5) is 5.69 Å². The highest BCUT2D eigenvalue weighted by atomic mass is 32.2. The minimum absolute atomic E-state index is 0.0666. The third kappa shape index (κ3) is 8.59. The van der Waals surface area contributed by atoms with Crippen molar-refractivity contribution in [2.75, 3.05) is 11.9 Å². The van der Waals surface area contributed by atoms with Gasteiger partial charge in [0.05, 0.1) is 4.90 Å². The Bertz CT molecular complexity index is 943. The van der Waals surface area contributed by atoms with E-state index in [1.165, 1.54) is 12.1 Å². The Morgan fingerprint density at radius 2 is 1.45 bits per heavy atom. The fourth-order valence-electron chi connectivity index (χ4n) is 2.23. The van der Waals surface area contributed by atoms with Crippen molar-refractivity contribution in [2.24, 2.45) is 0 Å². The number of rotatable bonds is 6. The molecule has 0 fully saturated rings. The molecule has 0 unspecified atom stereocenters. The maximum Gasteiger partial charge on any atom is 0.325 e. The number of benzene rings is 3. The Hall–Kier alpha value is -3.16. The van der Waals surface area contributed by atoms with Crippen LogP contribution in [0.25, 0.3) is 0 Å². The van der Waals surface area contributed by atoms with Crippen LogP contribution in [0.15, 0.2) is 89.8 Å². The van der Waals surface area contributed by atoms with Gasteiger partial charge < -0.3 is 10.1 Å². The summed E-state index contributed by atoms with van der Waals surface area (Å²) in [6.07, 6.45) is 0. The average Bonchev–Trinajstić information content (AvgIpc) is 2.72. The number of hydrogen-bond donors (Lipinski definition) is 2. The molecule has 3 rings (SSSR count). The Morgan fingerprint density at radius 1 is 0.897 bits per heavy atom. The van der Waals surface area contributed by atoms with Gasteiger partial charge in [0, 0.05) is 5.69 Å². The molecule has 2 N–H and O–H groups in total.